The standard InChI is InChI=1S/C16H17BrClNO/c1-2-19-16(9-11-3-6-13(20)7-4-11)12-5-8-15(18)14(17)10-12/h3-8,10,16,19-20H,2,9H2,1H3. The molecule has 2 rings (SSSR count). The summed E-state index contributed by atoms with van der Waals surface area (Å²) in [6.45, 7) is 2.98. The summed E-state index contributed by atoms with van der Waals surface area (Å²) in [5.74, 6) is 0.294. The smallest absolute Gasteiger partial charge is 0.115 e. The van der Waals surface area contributed by atoms with Gasteiger partial charge in [0.1, 0.15) is 5.75 Å². The molecule has 2 nitrogen and oxygen atoms in total. The van der Waals surface area contributed by atoms with Gasteiger partial charge in [-0.1, -0.05) is 36.7 Å². The van der Waals surface area contributed by atoms with Crippen LogP contribution in [0.1, 0.15) is 24.1 Å². The van der Waals surface area contributed by atoms with Crippen LogP contribution in [0, 0.1) is 0 Å². The normalized spacial score (nSPS) is 12.3. The average molecular weight is 355 g/mol. The van der Waals surface area contributed by atoms with Crippen LogP contribution in [0.3, 0.4) is 0 Å². The van der Waals surface area contributed by atoms with Crippen molar-refractivity contribution in [2.45, 2.75) is 19.4 Å². The summed E-state index contributed by atoms with van der Waals surface area (Å²) < 4.78 is 0.908. The van der Waals surface area contributed by atoms with Gasteiger partial charge in [0, 0.05) is 10.5 Å². The first-order valence-corrected chi connectivity index (χ1v) is 7.73. The van der Waals surface area contributed by atoms with Gasteiger partial charge in [-0.05, 0) is 64.3 Å². The lowest BCUT2D eigenvalue weighted by atomic mass is 9.99. The molecule has 4 heteroatoms. The third-order valence-corrected chi connectivity index (χ3v) is 4.39. The Bertz CT molecular complexity index is 571. The molecule has 0 aliphatic rings. The number of halogens is 2. The second-order valence-corrected chi connectivity index (χ2v) is 5.92. The summed E-state index contributed by atoms with van der Waals surface area (Å²) in [7, 11) is 0. The van der Waals surface area contributed by atoms with E-state index in [1.165, 1.54) is 11.1 Å². The van der Waals surface area contributed by atoms with Crippen LogP contribution in [0.2, 0.25) is 5.02 Å². The van der Waals surface area contributed by atoms with Gasteiger partial charge in [-0.2, -0.15) is 0 Å². The molecule has 0 saturated carbocycles. The molecule has 1 atom stereocenters. The van der Waals surface area contributed by atoms with Crippen molar-refractivity contribution in [3.63, 3.8) is 0 Å². The van der Waals surface area contributed by atoms with Crippen LogP contribution in [-0.4, -0.2) is 11.7 Å². The maximum Gasteiger partial charge on any atom is 0.115 e. The van der Waals surface area contributed by atoms with Gasteiger partial charge in [0.2, 0.25) is 0 Å². The van der Waals surface area contributed by atoms with Crippen LogP contribution in [0.25, 0.3) is 0 Å². The zero-order valence-corrected chi connectivity index (χ0v) is 13.6. The predicted octanol–water partition coefficient (Wildman–Crippen LogP) is 4.70. The molecule has 106 valence electrons. The van der Waals surface area contributed by atoms with Crippen LogP contribution >= 0.6 is 27.5 Å². The Kier molecular flexibility index (Phi) is 5.46. The monoisotopic (exact) mass is 353 g/mol. The van der Waals surface area contributed by atoms with Crippen LogP contribution in [-0.2, 0) is 6.42 Å². The Balaban J connectivity index is 2.21. The Labute approximate surface area is 132 Å². The molecule has 0 heterocycles. The lowest BCUT2D eigenvalue weighted by molar-refractivity contribution is 0.474. The van der Waals surface area contributed by atoms with E-state index in [-0.39, 0.29) is 6.04 Å². The van der Waals surface area contributed by atoms with Crippen molar-refractivity contribution in [3.8, 4) is 5.75 Å². The van der Waals surface area contributed by atoms with Crippen molar-refractivity contribution < 1.29 is 5.11 Å². The van der Waals surface area contributed by atoms with Gasteiger partial charge in [0.05, 0.1) is 5.02 Å². The Morgan fingerprint density at radius 1 is 1.20 bits per heavy atom. The molecule has 1 unspecified atom stereocenters. The summed E-state index contributed by atoms with van der Waals surface area (Å²) in [6, 6.07) is 13.6. The van der Waals surface area contributed by atoms with E-state index in [1.54, 1.807) is 12.1 Å². The number of phenolic OH excluding ortho intramolecular Hbond substituents is 1. The van der Waals surface area contributed by atoms with Crippen molar-refractivity contribution in [3.05, 3.63) is 63.1 Å². The number of hydrogen-bond donors (Lipinski definition) is 2. The highest BCUT2D eigenvalue weighted by atomic mass is 79.9. The lowest BCUT2D eigenvalue weighted by Gasteiger charge is -2.19. The molecule has 0 radical (unpaired) electrons. The van der Waals surface area contributed by atoms with E-state index in [1.807, 2.05) is 24.3 Å². The van der Waals surface area contributed by atoms with Crippen molar-refractivity contribution in [2.75, 3.05) is 6.54 Å². The number of benzene rings is 2. The second kappa shape index (κ2) is 7.11. The summed E-state index contributed by atoms with van der Waals surface area (Å²) in [5.41, 5.74) is 2.37. The highest BCUT2D eigenvalue weighted by molar-refractivity contribution is 9.10. The predicted molar refractivity (Wildman–Crippen MR) is 87.4 cm³/mol. The van der Waals surface area contributed by atoms with E-state index in [0.717, 1.165) is 17.4 Å². The molecule has 0 aliphatic heterocycles. The van der Waals surface area contributed by atoms with Gasteiger partial charge < -0.3 is 10.4 Å². The third kappa shape index (κ3) is 3.98. The fourth-order valence-electron chi connectivity index (χ4n) is 2.15. The maximum atomic E-state index is 9.34. The Hall–Kier alpha value is -1.03. The van der Waals surface area contributed by atoms with Gasteiger partial charge in [-0.15, -0.1) is 0 Å². The summed E-state index contributed by atoms with van der Waals surface area (Å²) >= 11 is 9.51. The fourth-order valence-corrected chi connectivity index (χ4v) is 2.67. The largest absolute Gasteiger partial charge is 0.508 e. The van der Waals surface area contributed by atoms with E-state index < -0.39 is 0 Å². The van der Waals surface area contributed by atoms with E-state index in [0.29, 0.717) is 10.8 Å². The molecule has 2 aromatic rings. The Morgan fingerprint density at radius 2 is 1.90 bits per heavy atom. The van der Waals surface area contributed by atoms with Crippen LogP contribution < -0.4 is 5.32 Å². The Morgan fingerprint density at radius 3 is 2.50 bits per heavy atom. The molecule has 20 heavy (non-hydrogen) atoms. The summed E-state index contributed by atoms with van der Waals surface area (Å²) in [6.07, 6.45) is 0.863. The minimum atomic E-state index is 0.220. The van der Waals surface area contributed by atoms with Gasteiger partial charge in [-0.3, -0.25) is 0 Å². The van der Waals surface area contributed by atoms with E-state index in [2.05, 4.69) is 34.2 Å². The highest BCUT2D eigenvalue weighted by Crippen LogP contribution is 2.28. The lowest BCUT2D eigenvalue weighted by Crippen LogP contribution is -2.22. The highest BCUT2D eigenvalue weighted by Gasteiger charge is 2.12. The van der Waals surface area contributed by atoms with Gasteiger partial charge >= 0.3 is 0 Å². The SMILES string of the molecule is CCNC(Cc1ccc(O)cc1)c1ccc(Cl)c(Br)c1. The van der Waals surface area contributed by atoms with Crippen molar-refractivity contribution in [1.82, 2.24) is 5.32 Å². The molecule has 2 N–H and O–H groups in total. The number of hydrogen-bond acceptors (Lipinski definition) is 2. The molecule has 2 aromatic carbocycles. The number of rotatable bonds is 5. The summed E-state index contributed by atoms with van der Waals surface area (Å²) in [4.78, 5) is 0. The fraction of sp³-hybridized carbons (Fsp3) is 0.250. The van der Waals surface area contributed by atoms with E-state index in [4.69, 9.17) is 11.6 Å². The zero-order chi connectivity index (χ0) is 14.5. The minimum absolute atomic E-state index is 0.220. The van der Waals surface area contributed by atoms with Crippen LogP contribution in [0.5, 0.6) is 5.75 Å². The first-order chi connectivity index (χ1) is 9.60. The first-order valence-electron chi connectivity index (χ1n) is 6.56. The van der Waals surface area contributed by atoms with Crippen LogP contribution in [0.15, 0.2) is 46.9 Å². The minimum Gasteiger partial charge on any atom is -0.508 e. The first kappa shape index (κ1) is 15.4. The quantitative estimate of drug-likeness (QED) is 0.815. The van der Waals surface area contributed by atoms with E-state index >= 15 is 0 Å². The van der Waals surface area contributed by atoms with Crippen LogP contribution in [0.4, 0.5) is 0 Å². The third-order valence-electron chi connectivity index (χ3n) is 3.17. The molecule has 0 amide bonds. The molecule has 0 fully saturated rings. The number of phenols is 1. The molecule has 0 aliphatic carbocycles. The van der Waals surface area contributed by atoms with Crippen molar-refractivity contribution in [2.24, 2.45) is 0 Å². The van der Waals surface area contributed by atoms with Gasteiger partial charge in [0.15, 0.2) is 0 Å². The summed E-state index contributed by atoms with van der Waals surface area (Å²) in [5, 5.41) is 13.5. The zero-order valence-electron chi connectivity index (χ0n) is 11.2. The molecule has 0 bridgehead atoms. The molecule has 0 aromatic heterocycles. The average Bonchev–Trinajstić information content (AvgIpc) is 2.44. The molecular weight excluding hydrogens is 338 g/mol. The topological polar surface area (TPSA) is 32.3 Å². The van der Waals surface area contributed by atoms with Crippen molar-refractivity contribution >= 4 is 27.5 Å². The number of likely N-dealkylation sites (N-methyl/N-ethyl adjacent to an activating group) is 1. The maximum absolute atomic E-state index is 9.34. The van der Waals surface area contributed by atoms with Crippen molar-refractivity contribution in [1.29, 1.82) is 0 Å². The van der Waals surface area contributed by atoms with Gasteiger partial charge in [-0.25, -0.2) is 0 Å². The van der Waals surface area contributed by atoms with E-state index in [9.17, 15) is 5.11 Å². The molecule has 0 saturated heterocycles. The van der Waals surface area contributed by atoms with Gasteiger partial charge in [0.25, 0.3) is 0 Å². The number of nitrogens with one attached hydrogen (secondary N) is 1. The molecular formula is C16H17BrClNO. The molecule has 0 spiro atoms. The second-order valence-electron chi connectivity index (χ2n) is 4.65. The number of aromatic hydroxyl groups is 1.